The van der Waals surface area contributed by atoms with Gasteiger partial charge in [0, 0.05) is 6.07 Å². The predicted molar refractivity (Wildman–Crippen MR) is 50.4 cm³/mol. The molecule has 0 saturated carbocycles. The fourth-order valence-electron chi connectivity index (χ4n) is 1.02. The van der Waals surface area contributed by atoms with Crippen molar-refractivity contribution in [2.24, 2.45) is 0 Å². The second-order valence-corrected chi connectivity index (χ2v) is 3.00. The third-order valence-corrected chi connectivity index (χ3v) is 1.52. The standard InChI is InChI=1S/C10H14O3/c1-7(2)13-8-4-5-10(12-3)9(11)6-8/h4-7,11H,1-3H3. The summed E-state index contributed by atoms with van der Waals surface area (Å²) in [6, 6.07) is 4.98. The molecule has 1 N–H and O–H groups in total. The van der Waals surface area contributed by atoms with Crippen LogP contribution in [0.15, 0.2) is 18.2 Å². The summed E-state index contributed by atoms with van der Waals surface area (Å²) >= 11 is 0. The van der Waals surface area contributed by atoms with Crippen LogP contribution in [0.4, 0.5) is 0 Å². The van der Waals surface area contributed by atoms with Crippen molar-refractivity contribution in [1.29, 1.82) is 0 Å². The van der Waals surface area contributed by atoms with Gasteiger partial charge in [-0.2, -0.15) is 0 Å². The Balaban J connectivity index is 2.83. The molecule has 0 saturated heterocycles. The first-order valence-electron chi connectivity index (χ1n) is 4.17. The molecule has 3 heteroatoms. The molecule has 0 fully saturated rings. The minimum Gasteiger partial charge on any atom is -0.504 e. The van der Waals surface area contributed by atoms with E-state index in [4.69, 9.17) is 9.47 Å². The van der Waals surface area contributed by atoms with Crippen molar-refractivity contribution in [2.75, 3.05) is 7.11 Å². The average Bonchev–Trinajstić information content (AvgIpc) is 2.03. The lowest BCUT2D eigenvalue weighted by Crippen LogP contribution is -2.05. The second-order valence-electron chi connectivity index (χ2n) is 3.00. The first-order chi connectivity index (χ1) is 6.13. The first-order valence-corrected chi connectivity index (χ1v) is 4.17. The Labute approximate surface area is 77.9 Å². The summed E-state index contributed by atoms with van der Waals surface area (Å²) in [6.07, 6.45) is 0.104. The van der Waals surface area contributed by atoms with Gasteiger partial charge in [0.2, 0.25) is 0 Å². The monoisotopic (exact) mass is 182 g/mol. The Morgan fingerprint density at radius 2 is 2.00 bits per heavy atom. The molecule has 0 spiro atoms. The maximum atomic E-state index is 9.40. The number of ether oxygens (including phenoxy) is 2. The van der Waals surface area contributed by atoms with Crippen LogP contribution in [0.3, 0.4) is 0 Å². The van der Waals surface area contributed by atoms with Gasteiger partial charge < -0.3 is 14.6 Å². The highest BCUT2D eigenvalue weighted by molar-refractivity contribution is 5.44. The van der Waals surface area contributed by atoms with Gasteiger partial charge in [0.25, 0.3) is 0 Å². The van der Waals surface area contributed by atoms with Gasteiger partial charge in [0.05, 0.1) is 13.2 Å². The second kappa shape index (κ2) is 4.03. The smallest absolute Gasteiger partial charge is 0.161 e. The van der Waals surface area contributed by atoms with Crippen LogP contribution in [0.1, 0.15) is 13.8 Å². The van der Waals surface area contributed by atoms with Crippen LogP contribution in [0.2, 0.25) is 0 Å². The highest BCUT2D eigenvalue weighted by Crippen LogP contribution is 2.29. The van der Waals surface area contributed by atoms with Gasteiger partial charge in [-0.1, -0.05) is 0 Å². The normalized spacial score (nSPS) is 10.2. The number of hydrogen-bond acceptors (Lipinski definition) is 3. The molecule has 0 aliphatic rings. The van der Waals surface area contributed by atoms with E-state index in [-0.39, 0.29) is 11.9 Å². The molecular formula is C10H14O3. The summed E-state index contributed by atoms with van der Waals surface area (Å²) in [4.78, 5) is 0. The fraction of sp³-hybridized carbons (Fsp3) is 0.400. The van der Waals surface area contributed by atoms with Crippen LogP contribution >= 0.6 is 0 Å². The number of rotatable bonds is 3. The summed E-state index contributed by atoms with van der Waals surface area (Å²) in [5.74, 6) is 1.20. The zero-order valence-corrected chi connectivity index (χ0v) is 8.07. The van der Waals surface area contributed by atoms with Crippen LogP contribution in [0.5, 0.6) is 17.2 Å². The molecule has 3 nitrogen and oxygen atoms in total. The van der Waals surface area contributed by atoms with Crippen LogP contribution in [-0.4, -0.2) is 18.3 Å². The number of aromatic hydroxyl groups is 1. The average molecular weight is 182 g/mol. The van der Waals surface area contributed by atoms with Crippen molar-refractivity contribution >= 4 is 0 Å². The van der Waals surface area contributed by atoms with E-state index in [1.165, 1.54) is 7.11 Å². The molecule has 72 valence electrons. The maximum Gasteiger partial charge on any atom is 0.161 e. The van der Waals surface area contributed by atoms with Crippen molar-refractivity contribution in [2.45, 2.75) is 20.0 Å². The molecule has 0 aromatic heterocycles. The molecule has 0 aliphatic heterocycles. The van der Waals surface area contributed by atoms with Crippen LogP contribution < -0.4 is 9.47 Å². The van der Waals surface area contributed by atoms with Crippen LogP contribution in [-0.2, 0) is 0 Å². The maximum absolute atomic E-state index is 9.40. The topological polar surface area (TPSA) is 38.7 Å². The highest BCUT2D eigenvalue weighted by Gasteiger charge is 2.03. The molecule has 0 radical (unpaired) electrons. The number of phenols is 1. The summed E-state index contributed by atoms with van der Waals surface area (Å²) in [5, 5.41) is 9.40. The number of benzene rings is 1. The predicted octanol–water partition coefficient (Wildman–Crippen LogP) is 2.19. The van der Waals surface area contributed by atoms with E-state index in [0.717, 1.165) is 0 Å². The summed E-state index contributed by atoms with van der Waals surface area (Å²) in [7, 11) is 1.51. The largest absolute Gasteiger partial charge is 0.504 e. The van der Waals surface area contributed by atoms with Gasteiger partial charge in [0.1, 0.15) is 5.75 Å². The number of methoxy groups -OCH3 is 1. The van der Waals surface area contributed by atoms with E-state index >= 15 is 0 Å². The Hall–Kier alpha value is -1.38. The minimum atomic E-state index is 0.0978. The molecule has 0 bridgehead atoms. The van der Waals surface area contributed by atoms with E-state index in [2.05, 4.69) is 0 Å². The quantitative estimate of drug-likeness (QED) is 0.778. The zero-order valence-electron chi connectivity index (χ0n) is 8.07. The van der Waals surface area contributed by atoms with Gasteiger partial charge in [-0.3, -0.25) is 0 Å². The van der Waals surface area contributed by atoms with E-state index in [1.54, 1.807) is 18.2 Å². The van der Waals surface area contributed by atoms with Gasteiger partial charge >= 0.3 is 0 Å². The van der Waals surface area contributed by atoms with Crippen LogP contribution in [0, 0.1) is 0 Å². The molecule has 1 aromatic rings. The SMILES string of the molecule is COc1ccc(OC(C)C)cc1O. The first kappa shape index (κ1) is 9.71. The molecule has 0 unspecified atom stereocenters. The van der Waals surface area contributed by atoms with Crippen molar-refractivity contribution in [3.63, 3.8) is 0 Å². The van der Waals surface area contributed by atoms with Gasteiger partial charge in [0.15, 0.2) is 11.5 Å². The van der Waals surface area contributed by atoms with Gasteiger partial charge in [-0.05, 0) is 26.0 Å². The van der Waals surface area contributed by atoms with E-state index in [0.29, 0.717) is 11.5 Å². The van der Waals surface area contributed by atoms with Crippen molar-refractivity contribution < 1.29 is 14.6 Å². The summed E-state index contributed by atoms with van der Waals surface area (Å²) in [5.41, 5.74) is 0. The lowest BCUT2D eigenvalue weighted by atomic mass is 10.3. The molecular weight excluding hydrogens is 168 g/mol. The molecule has 1 aromatic carbocycles. The van der Waals surface area contributed by atoms with Crippen molar-refractivity contribution in [3.05, 3.63) is 18.2 Å². The fourth-order valence-corrected chi connectivity index (χ4v) is 1.02. The third kappa shape index (κ3) is 2.54. The van der Waals surface area contributed by atoms with Gasteiger partial charge in [-0.15, -0.1) is 0 Å². The highest BCUT2D eigenvalue weighted by atomic mass is 16.5. The molecule has 1 rings (SSSR count). The minimum absolute atomic E-state index is 0.0978. The molecule has 0 amide bonds. The third-order valence-electron chi connectivity index (χ3n) is 1.52. The Kier molecular flexibility index (Phi) is 3.01. The molecule has 0 atom stereocenters. The molecule has 0 heterocycles. The van der Waals surface area contributed by atoms with E-state index in [1.807, 2.05) is 13.8 Å². The number of hydrogen-bond donors (Lipinski definition) is 1. The van der Waals surface area contributed by atoms with E-state index in [9.17, 15) is 5.11 Å². The molecule has 0 aliphatic carbocycles. The Bertz CT molecular complexity index is 281. The Morgan fingerprint density at radius 1 is 1.31 bits per heavy atom. The zero-order chi connectivity index (χ0) is 9.84. The Morgan fingerprint density at radius 3 is 2.46 bits per heavy atom. The van der Waals surface area contributed by atoms with E-state index < -0.39 is 0 Å². The number of phenolic OH excluding ortho intramolecular Hbond substituents is 1. The summed E-state index contributed by atoms with van der Waals surface area (Å²) in [6.45, 7) is 3.86. The summed E-state index contributed by atoms with van der Waals surface area (Å²) < 4.78 is 10.3. The molecule has 13 heavy (non-hydrogen) atoms. The lowest BCUT2D eigenvalue weighted by molar-refractivity contribution is 0.240. The van der Waals surface area contributed by atoms with Gasteiger partial charge in [-0.25, -0.2) is 0 Å². The van der Waals surface area contributed by atoms with Crippen LogP contribution in [0.25, 0.3) is 0 Å². The van der Waals surface area contributed by atoms with Crippen molar-refractivity contribution in [1.82, 2.24) is 0 Å². The van der Waals surface area contributed by atoms with Crippen molar-refractivity contribution in [3.8, 4) is 17.2 Å². The lowest BCUT2D eigenvalue weighted by Gasteiger charge is -2.10.